The van der Waals surface area contributed by atoms with Crippen molar-refractivity contribution < 1.29 is 23.0 Å². The number of halogens is 2. The summed E-state index contributed by atoms with van der Waals surface area (Å²) in [6.45, 7) is 1.77. The topological polar surface area (TPSA) is 51.7 Å². The number of hydrogen-bond acceptors (Lipinski definition) is 5. The highest BCUT2D eigenvalue weighted by molar-refractivity contribution is 7.17. The van der Waals surface area contributed by atoms with E-state index in [0.29, 0.717) is 27.1 Å². The molecule has 0 spiro atoms. The van der Waals surface area contributed by atoms with Gasteiger partial charge in [-0.25, -0.2) is 13.8 Å². The summed E-state index contributed by atoms with van der Waals surface area (Å²) < 4.78 is 37.6. The van der Waals surface area contributed by atoms with Gasteiger partial charge in [-0.15, -0.1) is 11.3 Å². The van der Waals surface area contributed by atoms with Crippen molar-refractivity contribution in [2.24, 2.45) is 0 Å². The predicted molar refractivity (Wildman–Crippen MR) is 108 cm³/mol. The molecule has 1 heterocycles. The molecule has 3 aromatic rings. The van der Waals surface area contributed by atoms with Gasteiger partial charge in [0.2, 0.25) is 0 Å². The van der Waals surface area contributed by atoms with Crippen molar-refractivity contribution in [2.45, 2.75) is 13.5 Å². The third-order valence-electron chi connectivity index (χ3n) is 4.39. The van der Waals surface area contributed by atoms with Crippen molar-refractivity contribution in [2.75, 3.05) is 21.3 Å². The first-order chi connectivity index (χ1) is 13.8. The second kappa shape index (κ2) is 8.57. The van der Waals surface area contributed by atoms with E-state index in [1.165, 1.54) is 28.4 Å². The van der Waals surface area contributed by atoms with Crippen LogP contribution in [0.2, 0.25) is 0 Å². The van der Waals surface area contributed by atoms with E-state index >= 15 is 0 Å². The molecule has 5 nitrogen and oxygen atoms in total. The van der Waals surface area contributed by atoms with Crippen LogP contribution < -0.4 is 9.47 Å². The minimum atomic E-state index is -0.684. The molecule has 1 aromatic heterocycles. The summed E-state index contributed by atoms with van der Waals surface area (Å²) in [6.07, 6.45) is 0. The minimum Gasteiger partial charge on any atom is -0.493 e. The third-order valence-corrected chi connectivity index (χ3v) is 5.59. The smallest absolute Gasteiger partial charge is 0.265 e. The maximum Gasteiger partial charge on any atom is 0.265 e. The van der Waals surface area contributed by atoms with Crippen LogP contribution in [0, 0.1) is 18.6 Å². The molecule has 0 N–H and O–H groups in total. The first-order valence-electron chi connectivity index (χ1n) is 8.73. The zero-order valence-corrected chi connectivity index (χ0v) is 17.3. The van der Waals surface area contributed by atoms with Crippen LogP contribution in [-0.2, 0) is 6.54 Å². The van der Waals surface area contributed by atoms with E-state index < -0.39 is 11.6 Å². The van der Waals surface area contributed by atoms with Crippen LogP contribution in [0.15, 0.2) is 36.4 Å². The molecule has 152 valence electrons. The second-order valence-corrected chi connectivity index (χ2v) is 7.40. The number of carbonyl (C=O) groups is 1. The van der Waals surface area contributed by atoms with Crippen LogP contribution in [0.5, 0.6) is 11.5 Å². The number of thiazole rings is 1. The van der Waals surface area contributed by atoms with E-state index in [4.69, 9.17) is 9.47 Å². The van der Waals surface area contributed by atoms with Gasteiger partial charge in [0.25, 0.3) is 5.91 Å². The Morgan fingerprint density at radius 2 is 1.83 bits per heavy atom. The van der Waals surface area contributed by atoms with Gasteiger partial charge >= 0.3 is 0 Å². The highest BCUT2D eigenvalue weighted by atomic mass is 32.1. The van der Waals surface area contributed by atoms with Crippen LogP contribution in [0.25, 0.3) is 10.6 Å². The zero-order chi connectivity index (χ0) is 21.1. The monoisotopic (exact) mass is 418 g/mol. The standard InChI is InChI=1S/C21H20F2N2O3S/c1-12-19(21(26)25(2)11-14-5-7-15(22)10-16(14)23)29-20(24-12)13-6-8-17(27-3)18(9-13)28-4/h5-10H,11H2,1-4H3. The lowest BCUT2D eigenvalue weighted by Crippen LogP contribution is -2.26. The van der Waals surface area contributed by atoms with Crippen LogP contribution in [0.4, 0.5) is 8.78 Å². The summed E-state index contributed by atoms with van der Waals surface area (Å²) in [5.41, 5.74) is 1.61. The molecule has 0 atom stereocenters. The Hall–Kier alpha value is -3.00. The summed E-state index contributed by atoms with van der Waals surface area (Å²) in [4.78, 5) is 19.2. The number of aromatic nitrogens is 1. The zero-order valence-electron chi connectivity index (χ0n) is 16.5. The summed E-state index contributed by atoms with van der Waals surface area (Å²) in [5, 5.41) is 0.660. The first kappa shape index (κ1) is 20.7. The van der Waals surface area contributed by atoms with Gasteiger partial charge in [-0.2, -0.15) is 0 Å². The van der Waals surface area contributed by atoms with Gasteiger partial charge in [0, 0.05) is 30.8 Å². The van der Waals surface area contributed by atoms with Gasteiger partial charge in [-0.05, 0) is 31.2 Å². The molecule has 0 unspecified atom stereocenters. The van der Waals surface area contributed by atoms with Crippen molar-refractivity contribution in [3.8, 4) is 22.1 Å². The van der Waals surface area contributed by atoms with Crippen LogP contribution >= 0.6 is 11.3 Å². The molecule has 0 aliphatic carbocycles. The molecule has 0 aliphatic heterocycles. The van der Waals surface area contributed by atoms with Crippen molar-refractivity contribution in [1.82, 2.24) is 9.88 Å². The Balaban J connectivity index is 1.84. The number of rotatable bonds is 6. The number of amides is 1. The van der Waals surface area contributed by atoms with Crippen molar-refractivity contribution >= 4 is 17.2 Å². The molecule has 0 saturated heterocycles. The van der Waals surface area contributed by atoms with E-state index in [2.05, 4.69) is 4.98 Å². The number of carbonyl (C=O) groups excluding carboxylic acids is 1. The fraction of sp³-hybridized carbons (Fsp3) is 0.238. The van der Waals surface area contributed by atoms with Crippen LogP contribution in [-0.4, -0.2) is 37.1 Å². The largest absolute Gasteiger partial charge is 0.493 e. The van der Waals surface area contributed by atoms with Crippen molar-refractivity contribution in [3.63, 3.8) is 0 Å². The molecule has 0 bridgehead atoms. The second-order valence-electron chi connectivity index (χ2n) is 6.40. The molecule has 0 radical (unpaired) electrons. The molecule has 0 fully saturated rings. The SMILES string of the molecule is COc1ccc(-c2nc(C)c(C(=O)N(C)Cc3ccc(F)cc3F)s2)cc1OC. The lowest BCUT2D eigenvalue weighted by molar-refractivity contribution is 0.0787. The van der Waals surface area contributed by atoms with E-state index in [1.807, 2.05) is 6.07 Å². The van der Waals surface area contributed by atoms with E-state index in [0.717, 1.165) is 11.6 Å². The lowest BCUT2D eigenvalue weighted by atomic mass is 10.2. The summed E-state index contributed by atoms with van der Waals surface area (Å²) in [7, 11) is 4.68. The average molecular weight is 418 g/mol. The van der Waals surface area contributed by atoms with Gasteiger partial charge in [-0.1, -0.05) is 6.07 Å². The highest BCUT2D eigenvalue weighted by Crippen LogP contribution is 2.35. The van der Waals surface area contributed by atoms with Crippen molar-refractivity contribution in [3.05, 3.63) is 64.2 Å². The Bertz CT molecular complexity index is 1050. The number of methoxy groups -OCH3 is 2. The molecule has 3 rings (SSSR count). The van der Waals surface area contributed by atoms with Gasteiger partial charge < -0.3 is 14.4 Å². The Labute approximate surface area is 171 Å². The Morgan fingerprint density at radius 1 is 1.10 bits per heavy atom. The molecule has 29 heavy (non-hydrogen) atoms. The maximum atomic E-state index is 13.9. The summed E-state index contributed by atoms with van der Waals surface area (Å²) in [6, 6.07) is 8.72. The number of nitrogens with zero attached hydrogens (tertiary/aromatic N) is 2. The first-order valence-corrected chi connectivity index (χ1v) is 9.55. The fourth-order valence-electron chi connectivity index (χ4n) is 2.84. The molecule has 8 heteroatoms. The van der Waals surface area contributed by atoms with Gasteiger partial charge in [0.15, 0.2) is 11.5 Å². The van der Waals surface area contributed by atoms with Crippen LogP contribution in [0.3, 0.4) is 0 Å². The molecule has 1 amide bonds. The lowest BCUT2D eigenvalue weighted by Gasteiger charge is -2.17. The number of aryl methyl sites for hydroxylation is 1. The minimum absolute atomic E-state index is 0.0218. The van der Waals surface area contributed by atoms with E-state index in [1.54, 1.807) is 40.3 Å². The summed E-state index contributed by atoms with van der Waals surface area (Å²) >= 11 is 1.25. The predicted octanol–water partition coefficient (Wildman–Crippen LogP) is 4.69. The maximum absolute atomic E-state index is 13.9. The van der Waals surface area contributed by atoms with E-state index in [9.17, 15) is 13.6 Å². The summed E-state index contributed by atoms with van der Waals surface area (Å²) in [5.74, 6) is -0.457. The highest BCUT2D eigenvalue weighted by Gasteiger charge is 2.21. The molecule has 0 aliphatic rings. The van der Waals surface area contributed by atoms with Crippen molar-refractivity contribution in [1.29, 1.82) is 0 Å². The van der Waals surface area contributed by atoms with Gasteiger partial charge in [-0.3, -0.25) is 4.79 Å². The number of ether oxygens (including phenoxy) is 2. The van der Waals surface area contributed by atoms with E-state index in [-0.39, 0.29) is 18.0 Å². The average Bonchev–Trinajstić information content (AvgIpc) is 3.10. The molecular formula is C21H20F2N2O3S. The Kier molecular flexibility index (Phi) is 6.12. The van der Waals surface area contributed by atoms with Gasteiger partial charge in [0.05, 0.1) is 19.9 Å². The molecule has 2 aromatic carbocycles. The number of benzene rings is 2. The van der Waals surface area contributed by atoms with Crippen LogP contribution in [0.1, 0.15) is 20.9 Å². The molecule has 0 saturated carbocycles. The molecular weight excluding hydrogens is 398 g/mol. The van der Waals surface area contributed by atoms with Gasteiger partial charge in [0.1, 0.15) is 21.5 Å². The third kappa shape index (κ3) is 4.37. The Morgan fingerprint density at radius 3 is 2.48 bits per heavy atom. The normalized spacial score (nSPS) is 10.7. The fourth-order valence-corrected chi connectivity index (χ4v) is 3.90. The quantitative estimate of drug-likeness (QED) is 0.583. The number of hydrogen-bond donors (Lipinski definition) is 0.